The standard InChI is InChI=1S/C49H84O5/c1-4-7-10-13-16-18-20-22-23-24-25-26-27-28-29-31-34-36-39-42-48(50)53-46-47(54-49(51)43-40-37-33-15-12-9-6-3)45-52-44-41-38-35-32-30-21-19-17-14-11-8-5-2/h7,10,14,16-18,22-23,25-26,28-29,47H,4-6,8-9,11-13,15,19-21,24,27,30-46H2,1-3H3/b10-7-,17-14-,18-16-,23-22-,26-25-,29-28-. The van der Waals surface area contributed by atoms with Crippen LogP contribution in [-0.2, 0) is 23.8 Å². The summed E-state index contributed by atoms with van der Waals surface area (Å²) in [6.45, 7) is 7.59. The predicted octanol–water partition coefficient (Wildman–Crippen LogP) is 14.8. The molecule has 54 heavy (non-hydrogen) atoms. The van der Waals surface area contributed by atoms with Gasteiger partial charge in [-0.2, -0.15) is 0 Å². The van der Waals surface area contributed by atoms with Gasteiger partial charge in [-0.15, -0.1) is 0 Å². The Morgan fingerprint density at radius 3 is 1.43 bits per heavy atom. The molecule has 1 atom stereocenters. The lowest BCUT2D eigenvalue weighted by atomic mass is 10.1. The quantitative estimate of drug-likeness (QED) is 0.0354. The SMILES string of the molecule is CC/C=C\C/C=C\C/C=C\C/C=C\C/C=C\CCCCCC(=O)OCC(COCCCCCCCC/C=C\CCCC)OC(=O)CCCCCCCCC. The summed E-state index contributed by atoms with van der Waals surface area (Å²) in [5, 5.41) is 0. The van der Waals surface area contributed by atoms with E-state index in [1.165, 1.54) is 77.0 Å². The molecule has 0 aliphatic heterocycles. The van der Waals surface area contributed by atoms with E-state index in [0.29, 0.717) is 19.4 Å². The largest absolute Gasteiger partial charge is 0.462 e. The zero-order valence-corrected chi connectivity index (χ0v) is 35.5. The van der Waals surface area contributed by atoms with Gasteiger partial charge in [0.05, 0.1) is 6.61 Å². The van der Waals surface area contributed by atoms with Crippen LogP contribution in [0, 0.1) is 0 Å². The molecule has 0 fully saturated rings. The summed E-state index contributed by atoms with van der Waals surface area (Å²) >= 11 is 0. The minimum atomic E-state index is -0.549. The summed E-state index contributed by atoms with van der Waals surface area (Å²) in [4.78, 5) is 25.1. The van der Waals surface area contributed by atoms with Crippen molar-refractivity contribution in [2.24, 2.45) is 0 Å². The first-order chi connectivity index (χ1) is 26.6. The fraction of sp³-hybridized carbons (Fsp3) is 0.714. The summed E-state index contributed by atoms with van der Waals surface area (Å²) in [7, 11) is 0. The monoisotopic (exact) mass is 753 g/mol. The van der Waals surface area contributed by atoms with E-state index in [1.54, 1.807) is 0 Å². The number of rotatable bonds is 40. The van der Waals surface area contributed by atoms with Gasteiger partial charge in [-0.3, -0.25) is 9.59 Å². The minimum Gasteiger partial charge on any atom is -0.462 e. The topological polar surface area (TPSA) is 61.8 Å². The van der Waals surface area contributed by atoms with Crippen molar-refractivity contribution in [3.63, 3.8) is 0 Å². The van der Waals surface area contributed by atoms with Crippen LogP contribution >= 0.6 is 0 Å². The second-order valence-electron chi connectivity index (χ2n) is 14.6. The van der Waals surface area contributed by atoms with E-state index in [9.17, 15) is 9.59 Å². The van der Waals surface area contributed by atoms with Gasteiger partial charge in [0.15, 0.2) is 6.10 Å². The van der Waals surface area contributed by atoms with E-state index in [1.807, 2.05) is 0 Å². The highest BCUT2D eigenvalue weighted by Crippen LogP contribution is 2.12. The van der Waals surface area contributed by atoms with Gasteiger partial charge in [0.1, 0.15) is 6.61 Å². The molecule has 1 unspecified atom stereocenters. The third-order valence-electron chi connectivity index (χ3n) is 9.23. The van der Waals surface area contributed by atoms with Crippen LogP contribution in [0.5, 0.6) is 0 Å². The second kappa shape index (κ2) is 44.7. The van der Waals surface area contributed by atoms with Crippen molar-refractivity contribution in [1.82, 2.24) is 0 Å². The Morgan fingerprint density at radius 1 is 0.426 bits per heavy atom. The van der Waals surface area contributed by atoms with E-state index in [-0.39, 0.29) is 25.2 Å². The zero-order chi connectivity index (χ0) is 39.3. The lowest BCUT2D eigenvalue weighted by Crippen LogP contribution is -2.30. The average Bonchev–Trinajstić information content (AvgIpc) is 3.17. The molecule has 0 rings (SSSR count). The lowest BCUT2D eigenvalue weighted by Gasteiger charge is -2.18. The van der Waals surface area contributed by atoms with Crippen LogP contribution in [0.3, 0.4) is 0 Å². The summed E-state index contributed by atoms with van der Waals surface area (Å²) in [5.41, 5.74) is 0. The number of hydrogen-bond acceptors (Lipinski definition) is 5. The molecule has 0 spiro atoms. The van der Waals surface area contributed by atoms with Gasteiger partial charge in [-0.1, -0.05) is 177 Å². The van der Waals surface area contributed by atoms with Crippen molar-refractivity contribution >= 4 is 11.9 Å². The molecule has 0 aliphatic carbocycles. The molecule has 0 aromatic carbocycles. The number of unbranched alkanes of at least 4 members (excludes halogenated alkanes) is 17. The Bertz CT molecular complexity index is 988. The van der Waals surface area contributed by atoms with Gasteiger partial charge >= 0.3 is 11.9 Å². The number of allylic oxidation sites excluding steroid dienone is 12. The van der Waals surface area contributed by atoms with E-state index in [4.69, 9.17) is 14.2 Å². The molecular formula is C49H84O5. The van der Waals surface area contributed by atoms with Crippen molar-refractivity contribution in [2.75, 3.05) is 19.8 Å². The average molecular weight is 753 g/mol. The Balaban J connectivity index is 4.22. The highest BCUT2D eigenvalue weighted by Gasteiger charge is 2.17. The van der Waals surface area contributed by atoms with Crippen molar-refractivity contribution < 1.29 is 23.8 Å². The van der Waals surface area contributed by atoms with Crippen LogP contribution in [0.1, 0.15) is 201 Å². The molecule has 0 aromatic rings. The highest BCUT2D eigenvalue weighted by molar-refractivity contribution is 5.70. The molecule has 310 valence electrons. The Kier molecular flexibility index (Phi) is 42.5. The Morgan fingerprint density at radius 2 is 0.852 bits per heavy atom. The number of carbonyl (C=O) groups is 2. The van der Waals surface area contributed by atoms with Crippen LogP contribution in [0.4, 0.5) is 0 Å². The van der Waals surface area contributed by atoms with Crippen LogP contribution < -0.4 is 0 Å². The maximum absolute atomic E-state index is 12.6. The molecule has 5 heteroatoms. The molecule has 5 nitrogen and oxygen atoms in total. The third kappa shape index (κ3) is 42.1. The van der Waals surface area contributed by atoms with Crippen LogP contribution in [0.15, 0.2) is 72.9 Å². The van der Waals surface area contributed by atoms with Crippen molar-refractivity contribution in [2.45, 2.75) is 207 Å². The van der Waals surface area contributed by atoms with Gasteiger partial charge in [-0.05, 0) is 83.5 Å². The number of carbonyl (C=O) groups excluding carboxylic acids is 2. The molecule has 0 saturated heterocycles. The molecule has 0 N–H and O–H groups in total. The predicted molar refractivity (Wildman–Crippen MR) is 233 cm³/mol. The maximum atomic E-state index is 12.6. The second-order valence-corrected chi connectivity index (χ2v) is 14.6. The molecule has 0 amide bonds. The summed E-state index contributed by atoms with van der Waals surface area (Å²) in [5.74, 6) is -0.446. The molecule has 0 saturated carbocycles. The minimum absolute atomic E-state index is 0.0640. The van der Waals surface area contributed by atoms with E-state index in [0.717, 1.165) is 89.9 Å². The molecular weight excluding hydrogens is 669 g/mol. The van der Waals surface area contributed by atoms with Crippen molar-refractivity contribution in [3.8, 4) is 0 Å². The van der Waals surface area contributed by atoms with Crippen molar-refractivity contribution in [3.05, 3.63) is 72.9 Å². The van der Waals surface area contributed by atoms with Gasteiger partial charge in [-0.25, -0.2) is 0 Å². The first kappa shape index (κ1) is 51.3. The van der Waals surface area contributed by atoms with Crippen LogP contribution in [0.25, 0.3) is 0 Å². The van der Waals surface area contributed by atoms with Gasteiger partial charge in [0, 0.05) is 19.4 Å². The molecule has 0 bridgehead atoms. The summed E-state index contributed by atoms with van der Waals surface area (Å²) in [6.07, 6.45) is 56.2. The molecule has 0 aromatic heterocycles. The van der Waals surface area contributed by atoms with Crippen molar-refractivity contribution in [1.29, 1.82) is 0 Å². The van der Waals surface area contributed by atoms with Gasteiger partial charge in [0.25, 0.3) is 0 Å². The number of hydrogen-bond donors (Lipinski definition) is 0. The summed E-state index contributed by atoms with van der Waals surface area (Å²) < 4.78 is 17.2. The van der Waals surface area contributed by atoms with Gasteiger partial charge in [0.2, 0.25) is 0 Å². The fourth-order valence-electron chi connectivity index (χ4n) is 5.87. The van der Waals surface area contributed by atoms with E-state index in [2.05, 4.69) is 93.7 Å². The van der Waals surface area contributed by atoms with Crippen LogP contribution in [-0.4, -0.2) is 37.9 Å². The zero-order valence-electron chi connectivity index (χ0n) is 35.5. The number of esters is 2. The summed E-state index contributed by atoms with van der Waals surface area (Å²) in [6, 6.07) is 0. The first-order valence-electron chi connectivity index (χ1n) is 22.5. The normalized spacial score (nSPS) is 12.9. The number of ether oxygens (including phenoxy) is 3. The smallest absolute Gasteiger partial charge is 0.306 e. The molecule has 0 radical (unpaired) electrons. The fourth-order valence-corrected chi connectivity index (χ4v) is 5.87. The van der Waals surface area contributed by atoms with Crippen LogP contribution in [0.2, 0.25) is 0 Å². The van der Waals surface area contributed by atoms with E-state index < -0.39 is 6.10 Å². The third-order valence-corrected chi connectivity index (χ3v) is 9.23. The molecule has 0 aliphatic rings. The van der Waals surface area contributed by atoms with Gasteiger partial charge < -0.3 is 14.2 Å². The maximum Gasteiger partial charge on any atom is 0.306 e. The lowest BCUT2D eigenvalue weighted by molar-refractivity contribution is -0.163. The molecule has 0 heterocycles. The highest BCUT2D eigenvalue weighted by atomic mass is 16.6. The van der Waals surface area contributed by atoms with E-state index >= 15 is 0 Å². The Hall–Kier alpha value is -2.66. The first-order valence-corrected chi connectivity index (χ1v) is 22.5. The Labute approximate surface area is 334 Å².